The van der Waals surface area contributed by atoms with Crippen LogP contribution in [0, 0.1) is 6.92 Å². The van der Waals surface area contributed by atoms with E-state index in [1.54, 1.807) is 0 Å². The lowest BCUT2D eigenvalue weighted by Crippen LogP contribution is -2.09. The molecule has 0 saturated heterocycles. The summed E-state index contributed by atoms with van der Waals surface area (Å²) in [6, 6.07) is 10.5. The van der Waals surface area contributed by atoms with E-state index in [9.17, 15) is 0 Å². The van der Waals surface area contributed by atoms with E-state index in [0.29, 0.717) is 0 Å². The van der Waals surface area contributed by atoms with Crippen molar-refractivity contribution in [3.05, 3.63) is 47.8 Å². The SMILES string of the molecule is CN.Cc1ccc(-c2cccc3c2OCCC3)cn1. The summed E-state index contributed by atoms with van der Waals surface area (Å²) in [7, 11) is 1.50. The van der Waals surface area contributed by atoms with Gasteiger partial charge in [-0.05, 0) is 38.4 Å². The van der Waals surface area contributed by atoms with Gasteiger partial charge in [-0.1, -0.05) is 24.3 Å². The maximum absolute atomic E-state index is 5.81. The molecule has 0 atom stereocenters. The smallest absolute Gasteiger partial charge is 0.130 e. The van der Waals surface area contributed by atoms with E-state index in [-0.39, 0.29) is 0 Å². The number of nitrogens with two attached hydrogens (primary N) is 1. The molecule has 0 saturated carbocycles. The highest BCUT2D eigenvalue weighted by molar-refractivity contribution is 5.71. The monoisotopic (exact) mass is 256 g/mol. The van der Waals surface area contributed by atoms with Gasteiger partial charge in [0.15, 0.2) is 0 Å². The molecule has 0 aliphatic carbocycles. The number of nitrogens with zero attached hydrogens (tertiary/aromatic N) is 1. The van der Waals surface area contributed by atoms with Crippen LogP contribution in [0.5, 0.6) is 5.75 Å². The minimum Gasteiger partial charge on any atom is -0.493 e. The minimum absolute atomic E-state index is 0.823. The maximum Gasteiger partial charge on any atom is 0.130 e. The fraction of sp³-hybridized carbons (Fsp3) is 0.312. The van der Waals surface area contributed by atoms with E-state index in [2.05, 4.69) is 35.0 Å². The second-order valence-electron chi connectivity index (χ2n) is 4.43. The van der Waals surface area contributed by atoms with Crippen molar-refractivity contribution in [3.63, 3.8) is 0 Å². The Bertz CT molecular complexity index is 535. The van der Waals surface area contributed by atoms with Gasteiger partial charge in [0.2, 0.25) is 0 Å². The third-order valence-corrected chi connectivity index (χ3v) is 3.16. The van der Waals surface area contributed by atoms with Crippen molar-refractivity contribution in [3.8, 4) is 16.9 Å². The Hall–Kier alpha value is -1.87. The number of pyridine rings is 1. The van der Waals surface area contributed by atoms with Gasteiger partial charge < -0.3 is 10.5 Å². The molecule has 2 N–H and O–H groups in total. The van der Waals surface area contributed by atoms with Crippen molar-refractivity contribution >= 4 is 0 Å². The summed E-state index contributed by atoms with van der Waals surface area (Å²) in [5.41, 5.74) is 9.15. The lowest BCUT2D eigenvalue weighted by molar-refractivity contribution is 0.289. The van der Waals surface area contributed by atoms with E-state index in [1.165, 1.54) is 12.6 Å². The number of aryl methyl sites for hydroxylation is 2. The molecule has 0 spiro atoms. The van der Waals surface area contributed by atoms with Gasteiger partial charge in [0.25, 0.3) is 0 Å². The molecule has 0 bridgehead atoms. The summed E-state index contributed by atoms with van der Waals surface area (Å²) in [5, 5.41) is 0. The Morgan fingerprint density at radius 1 is 1.16 bits per heavy atom. The highest BCUT2D eigenvalue weighted by Gasteiger charge is 2.15. The van der Waals surface area contributed by atoms with Gasteiger partial charge in [-0.15, -0.1) is 0 Å². The number of benzene rings is 1. The van der Waals surface area contributed by atoms with Gasteiger partial charge in [-0.2, -0.15) is 0 Å². The van der Waals surface area contributed by atoms with Crippen molar-refractivity contribution in [1.29, 1.82) is 0 Å². The zero-order valence-corrected chi connectivity index (χ0v) is 11.5. The first-order valence-electron chi connectivity index (χ1n) is 6.60. The van der Waals surface area contributed by atoms with Crippen LogP contribution in [0.2, 0.25) is 0 Å². The Morgan fingerprint density at radius 3 is 2.74 bits per heavy atom. The van der Waals surface area contributed by atoms with Gasteiger partial charge in [0.1, 0.15) is 5.75 Å². The van der Waals surface area contributed by atoms with Gasteiger partial charge in [-0.3, -0.25) is 4.98 Å². The molecular formula is C16H20N2O. The molecule has 0 fully saturated rings. The molecule has 0 radical (unpaired) electrons. The molecule has 19 heavy (non-hydrogen) atoms. The normalized spacial score (nSPS) is 12.8. The van der Waals surface area contributed by atoms with E-state index in [1.807, 2.05) is 19.2 Å². The third-order valence-electron chi connectivity index (χ3n) is 3.16. The summed E-state index contributed by atoms with van der Waals surface area (Å²) in [5.74, 6) is 1.05. The van der Waals surface area contributed by atoms with E-state index in [0.717, 1.165) is 42.0 Å². The van der Waals surface area contributed by atoms with Gasteiger partial charge in [0, 0.05) is 23.0 Å². The molecule has 1 aliphatic rings. The zero-order chi connectivity index (χ0) is 13.7. The fourth-order valence-corrected chi connectivity index (χ4v) is 2.24. The number of fused-ring (bicyclic) bond motifs is 1. The summed E-state index contributed by atoms with van der Waals surface area (Å²) in [4.78, 5) is 4.35. The Morgan fingerprint density at radius 2 is 2.00 bits per heavy atom. The van der Waals surface area contributed by atoms with Crippen LogP contribution in [0.4, 0.5) is 0 Å². The quantitative estimate of drug-likeness (QED) is 0.853. The van der Waals surface area contributed by atoms with Crippen LogP contribution in [0.1, 0.15) is 17.7 Å². The van der Waals surface area contributed by atoms with Crippen LogP contribution >= 0.6 is 0 Å². The maximum atomic E-state index is 5.81. The van der Waals surface area contributed by atoms with Crippen molar-refractivity contribution in [2.24, 2.45) is 5.73 Å². The molecule has 1 aromatic carbocycles. The average Bonchev–Trinajstić information content (AvgIpc) is 2.50. The number of aromatic nitrogens is 1. The molecule has 100 valence electrons. The summed E-state index contributed by atoms with van der Waals surface area (Å²) >= 11 is 0. The first-order chi connectivity index (χ1) is 9.34. The van der Waals surface area contributed by atoms with Crippen LogP contribution in [0.25, 0.3) is 11.1 Å². The second kappa shape index (κ2) is 6.34. The Labute approximate surface area is 114 Å². The molecule has 0 amide bonds. The third kappa shape index (κ3) is 2.93. The fourth-order valence-electron chi connectivity index (χ4n) is 2.24. The van der Waals surface area contributed by atoms with E-state index >= 15 is 0 Å². The Kier molecular flexibility index (Phi) is 4.53. The summed E-state index contributed by atoms with van der Waals surface area (Å²) in [6.07, 6.45) is 4.15. The lowest BCUT2D eigenvalue weighted by Gasteiger charge is -2.20. The van der Waals surface area contributed by atoms with Crippen molar-refractivity contribution in [1.82, 2.24) is 4.98 Å². The van der Waals surface area contributed by atoms with Crippen molar-refractivity contribution < 1.29 is 4.74 Å². The minimum atomic E-state index is 0.823. The first-order valence-corrected chi connectivity index (χ1v) is 6.60. The first kappa shape index (κ1) is 13.6. The molecule has 1 aromatic heterocycles. The number of hydrogen-bond donors (Lipinski definition) is 1. The lowest BCUT2D eigenvalue weighted by atomic mass is 9.98. The van der Waals surface area contributed by atoms with E-state index < -0.39 is 0 Å². The molecule has 2 heterocycles. The van der Waals surface area contributed by atoms with Gasteiger partial charge in [-0.25, -0.2) is 0 Å². The van der Waals surface area contributed by atoms with Crippen LogP contribution in [0.3, 0.4) is 0 Å². The molecule has 3 nitrogen and oxygen atoms in total. The average molecular weight is 256 g/mol. The highest BCUT2D eigenvalue weighted by atomic mass is 16.5. The number of para-hydroxylation sites is 1. The van der Waals surface area contributed by atoms with Crippen LogP contribution < -0.4 is 10.5 Å². The van der Waals surface area contributed by atoms with Crippen LogP contribution in [-0.4, -0.2) is 18.6 Å². The predicted molar refractivity (Wildman–Crippen MR) is 78.3 cm³/mol. The number of rotatable bonds is 1. The summed E-state index contributed by atoms with van der Waals surface area (Å²) in [6.45, 7) is 2.82. The van der Waals surface area contributed by atoms with Crippen molar-refractivity contribution in [2.75, 3.05) is 13.7 Å². The molecule has 3 rings (SSSR count). The standard InChI is InChI=1S/C15H15NO.CH5N/c1-11-7-8-13(10-16-11)14-6-2-4-12-5-3-9-17-15(12)14;1-2/h2,4,6-8,10H,3,5,9H2,1H3;2H2,1H3. The van der Waals surface area contributed by atoms with E-state index in [4.69, 9.17) is 4.74 Å². The topological polar surface area (TPSA) is 48.1 Å². The second-order valence-corrected chi connectivity index (χ2v) is 4.43. The van der Waals surface area contributed by atoms with Gasteiger partial charge in [0.05, 0.1) is 6.61 Å². The van der Waals surface area contributed by atoms with Crippen LogP contribution in [-0.2, 0) is 6.42 Å². The van der Waals surface area contributed by atoms with Gasteiger partial charge >= 0.3 is 0 Å². The van der Waals surface area contributed by atoms with Crippen molar-refractivity contribution in [2.45, 2.75) is 19.8 Å². The molecule has 0 unspecified atom stereocenters. The summed E-state index contributed by atoms with van der Waals surface area (Å²) < 4.78 is 5.81. The molecule has 3 heteroatoms. The predicted octanol–water partition coefficient (Wildman–Crippen LogP) is 2.96. The zero-order valence-electron chi connectivity index (χ0n) is 11.5. The largest absolute Gasteiger partial charge is 0.493 e. The molecular weight excluding hydrogens is 236 g/mol. The highest BCUT2D eigenvalue weighted by Crippen LogP contribution is 2.35. The Balaban J connectivity index is 0.000000637. The molecule has 1 aliphatic heterocycles. The molecule has 2 aromatic rings. The number of ether oxygens (including phenoxy) is 1. The van der Waals surface area contributed by atoms with Crippen LogP contribution in [0.15, 0.2) is 36.5 Å². The number of hydrogen-bond acceptors (Lipinski definition) is 3.